The Balaban J connectivity index is 1.51. The normalized spacial score (nSPS) is 13.9. The van der Waals surface area contributed by atoms with Crippen LogP contribution in [0.3, 0.4) is 0 Å². The van der Waals surface area contributed by atoms with Crippen molar-refractivity contribution >= 4 is 23.0 Å². The lowest BCUT2D eigenvalue weighted by atomic mass is 9.99. The van der Waals surface area contributed by atoms with Crippen molar-refractivity contribution in [1.29, 1.82) is 0 Å². The molecule has 0 bridgehead atoms. The minimum Gasteiger partial charge on any atom is -0.463 e. The summed E-state index contributed by atoms with van der Waals surface area (Å²) in [6, 6.07) is 11.3. The number of hydrogen-bond donors (Lipinski definition) is 1. The summed E-state index contributed by atoms with van der Waals surface area (Å²) in [5.74, 6) is -0.810. The molecule has 2 amide bonds. The van der Waals surface area contributed by atoms with Crippen LogP contribution in [-0.2, 0) is 0 Å². The van der Waals surface area contributed by atoms with E-state index in [1.165, 1.54) is 29.1 Å². The first-order chi connectivity index (χ1) is 15.5. The molecule has 5 rings (SSSR count). The molecule has 0 radical (unpaired) electrons. The fourth-order valence-corrected chi connectivity index (χ4v) is 3.80. The number of imidazole rings is 1. The number of aromatic nitrogens is 3. The smallest absolute Gasteiger partial charge is 0.271 e. The highest BCUT2D eigenvalue weighted by Crippen LogP contribution is 2.26. The largest absolute Gasteiger partial charge is 0.463 e. The van der Waals surface area contributed by atoms with E-state index in [-0.39, 0.29) is 23.1 Å². The molecule has 0 atom stereocenters. The van der Waals surface area contributed by atoms with Gasteiger partial charge in [0, 0.05) is 13.1 Å². The Morgan fingerprint density at radius 1 is 1.16 bits per heavy atom. The van der Waals surface area contributed by atoms with Crippen molar-refractivity contribution in [2.75, 3.05) is 13.1 Å². The summed E-state index contributed by atoms with van der Waals surface area (Å²) in [6.45, 7) is 0.877. The molecule has 0 saturated heterocycles. The molecule has 1 aliphatic heterocycles. The first-order valence-corrected chi connectivity index (χ1v) is 9.97. The Labute approximate surface area is 181 Å². The SMILES string of the molecule is NC(=O)c1ncn2c(C(=O)N3CC=C(c4ccc(F)cc4)CC3)cc(-c3ccco3)nc12. The van der Waals surface area contributed by atoms with Gasteiger partial charge in [0.1, 0.15) is 23.5 Å². The number of carbonyl (C=O) groups is 2. The van der Waals surface area contributed by atoms with E-state index >= 15 is 0 Å². The molecule has 0 fully saturated rings. The highest BCUT2D eigenvalue weighted by molar-refractivity contribution is 5.99. The zero-order valence-electron chi connectivity index (χ0n) is 16.9. The fraction of sp³-hybridized carbons (Fsp3) is 0.130. The molecule has 0 unspecified atom stereocenters. The molecule has 0 spiro atoms. The summed E-state index contributed by atoms with van der Waals surface area (Å²) in [5.41, 5.74) is 8.29. The van der Waals surface area contributed by atoms with Crippen molar-refractivity contribution in [3.8, 4) is 11.5 Å². The van der Waals surface area contributed by atoms with Gasteiger partial charge in [-0.05, 0) is 47.9 Å². The summed E-state index contributed by atoms with van der Waals surface area (Å²) in [4.78, 5) is 35.4. The number of rotatable bonds is 4. The summed E-state index contributed by atoms with van der Waals surface area (Å²) in [7, 11) is 0. The third-order valence-corrected chi connectivity index (χ3v) is 5.44. The molecule has 1 aliphatic rings. The van der Waals surface area contributed by atoms with Crippen LogP contribution in [0.4, 0.5) is 4.39 Å². The van der Waals surface area contributed by atoms with Gasteiger partial charge in [-0.15, -0.1) is 0 Å². The van der Waals surface area contributed by atoms with Gasteiger partial charge in [0.2, 0.25) is 0 Å². The molecule has 3 aromatic heterocycles. The number of furan rings is 1. The second-order valence-corrected chi connectivity index (χ2v) is 7.39. The predicted octanol–water partition coefficient (Wildman–Crippen LogP) is 3.16. The molecule has 0 saturated carbocycles. The van der Waals surface area contributed by atoms with Gasteiger partial charge in [-0.3, -0.25) is 14.0 Å². The van der Waals surface area contributed by atoms with Crippen LogP contribution in [0.1, 0.15) is 33.0 Å². The molecule has 4 heterocycles. The van der Waals surface area contributed by atoms with Crippen LogP contribution in [-0.4, -0.2) is 44.2 Å². The topological polar surface area (TPSA) is 107 Å². The van der Waals surface area contributed by atoms with Crippen LogP contribution in [0.5, 0.6) is 0 Å². The number of nitrogens with zero attached hydrogens (tertiary/aromatic N) is 4. The van der Waals surface area contributed by atoms with Crippen molar-refractivity contribution in [3.63, 3.8) is 0 Å². The van der Waals surface area contributed by atoms with E-state index in [9.17, 15) is 14.0 Å². The minimum atomic E-state index is -0.736. The highest BCUT2D eigenvalue weighted by Gasteiger charge is 2.25. The molecule has 2 N–H and O–H groups in total. The third kappa shape index (κ3) is 3.43. The second-order valence-electron chi connectivity index (χ2n) is 7.39. The quantitative estimate of drug-likeness (QED) is 0.534. The molecule has 0 aliphatic carbocycles. The standard InChI is InChI=1S/C23H18FN5O3/c24-16-5-3-14(4-6-16)15-7-9-28(10-8-15)23(31)18-12-17(19-2-1-11-32-19)27-22-20(21(25)30)26-13-29(18)22/h1-7,11-13H,8-10H2,(H2,25,30). The molecule has 1 aromatic carbocycles. The predicted molar refractivity (Wildman–Crippen MR) is 114 cm³/mol. The Hall–Kier alpha value is -4.27. The molecule has 160 valence electrons. The van der Waals surface area contributed by atoms with Crippen LogP contribution >= 0.6 is 0 Å². The Bertz CT molecular complexity index is 1360. The van der Waals surface area contributed by atoms with E-state index in [1.54, 1.807) is 35.2 Å². The van der Waals surface area contributed by atoms with Crippen molar-refractivity contribution < 1.29 is 18.4 Å². The van der Waals surface area contributed by atoms with Crippen molar-refractivity contribution in [2.24, 2.45) is 5.73 Å². The van der Waals surface area contributed by atoms with Gasteiger partial charge in [-0.25, -0.2) is 14.4 Å². The van der Waals surface area contributed by atoms with Gasteiger partial charge < -0.3 is 15.1 Å². The highest BCUT2D eigenvalue weighted by atomic mass is 19.1. The average Bonchev–Trinajstić information content (AvgIpc) is 3.49. The molecular formula is C23H18FN5O3. The number of benzene rings is 1. The number of primary amides is 1. The number of hydrogen-bond acceptors (Lipinski definition) is 5. The maximum absolute atomic E-state index is 13.4. The Kier molecular flexibility index (Phi) is 4.78. The van der Waals surface area contributed by atoms with Crippen LogP contribution in [0, 0.1) is 5.82 Å². The summed E-state index contributed by atoms with van der Waals surface area (Å²) < 4.78 is 20.1. The van der Waals surface area contributed by atoms with Gasteiger partial charge in [0.15, 0.2) is 17.1 Å². The number of carbonyl (C=O) groups excluding carboxylic acids is 2. The van der Waals surface area contributed by atoms with Gasteiger partial charge in [-0.2, -0.15) is 0 Å². The van der Waals surface area contributed by atoms with E-state index in [2.05, 4.69) is 9.97 Å². The fourth-order valence-electron chi connectivity index (χ4n) is 3.80. The maximum atomic E-state index is 13.4. The van der Waals surface area contributed by atoms with E-state index in [4.69, 9.17) is 10.2 Å². The maximum Gasteiger partial charge on any atom is 0.271 e. The monoisotopic (exact) mass is 431 g/mol. The van der Waals surface area contributed by atoms with Gasteiger partial charge >= 0.3 is 0 Å². The number of fused-ring (bicyclic) bond motifs is 1. The van der Waals surface area contributed by atoms with Crippen LogP contribution in [0.2, 0.25) is 0 Å². The zero-order valence-corrected chi connectivity index (χ0v) is 16.9. The van der Waals surface area contributed by atoms with Crippen molar-refractivity contribution in [1.82, 2.24) is 19.3 Å². The zero-order chi connectivity index (χ0) is 22.2. The Morgan fingerprint density at radius 3 is 2.62 bits per heavy atom. The number of amides is 2. The lowest BCUT2D eigenvalue weighted by molar-refractivity contribution is 0.0765. The van der Waals surface area contributed by atoms with E-state index < -0.39 is 5.91 Å². The number of nitrogens with two attached hydrogens (primary N) is 1. The summed E-state index contributed by atoms with van der Waals surface area (Å²) >= 11 is 0. The lowest BCUT2D eigenvalue weighted by Crippen LogP contribution is -2.35. The first kappa shape index (κ1) is 19.7. The molecule has 8 nitrogen and oxygen atoms in total. The molecule has 32 heavy (non-hydrogen) atoms. The molecule has 4 aromatic rings. The average molecular weight is 431 g/mol. The second kappa shape index (κ2) is 7.77. The third-order valence-electron chi connectivity index (χ3n) is 5.44. The van der Waals surface area contributed by atoms with Crippen molar-refractivity contribution in [3.05, 3.63) is 83.9 Å². The van der Waals surface area contributed by atoms with Gasteiger partial charge in [0.05, 0.1) is 6.26 Å². The lowest BCUT2D eigenvalue weighted by Gasteiger charge is -2.27. The number of halogens is 1. The molecule has 9 heteroatoms. The summed E-state index contributed by atoms with van der Waals surface area (Å²) in [6.07, 6.45) is 5.46. The van der Waals surface area contributed by atoms with E-state index in [0.29, 0.717) is 36.7 Å². The van der Waals surface area contributed by atoms with Crippen LogP contribution < -0.4 is 5.73 Å². The van der Waals surface area contributed by atoms with E-state index in [1.807, 2.05) is 6.08 Å². The van der Waals surface area contributed by atoms with Gasteiger partial charge in [-0.1, -0.05) is 18.2 Å². The summed E-state index contributed by atoms with van der Waals surface area (Å²) in [5, 5.41) is 0. The first-order valence-electron chi connectivity index (χ1n) is 9.97. The van der Waals surface area contributed by atoms with Crippen LogP contribution in [0.15, 0.2) is 65.5 Å². The van der Waals surface area contributed by atoms with Gasteiger partial charge in [0.25, 0.3) is 11.8 Å². The minimum absolute atomic E-state index is 0.0235. The van der Waals surface area contributed by atoms with Crippen molar-refractivity contribution in [2.45, 2.75) is 6.42 Å². The Morgan fingerprint density at radius 2 is 1.97 bits per heavy atom. The molecular weight excluding hydrogens is 413 g/mol. The van der Waals surface area contributed by atoms with E-state index in [0.717, 1.165) is 11.1 Å². The van der Waals surface area contributed by atoms with Crippen LogP contribution in [0.25, 0.3) is 22.7 Å².